The van der Waals surface area contributed by atoms with Gasteiger partial charge in [0, 0.05) is 38.2 Å². The molecule has 0 radical (unpaired) electrons. The summed E-state index contributed by atoms with van der Waals surface area (Å²) in [7, 11) is 4.15. The maximum Gasteiger partial charge on any atom is 0.122 e. The Morgan fingerprint density at radius 3 is 2.79 bits per heavy atom. The first kappa shape index (κ1) is 13.6. The van der Waals surface area contributed by atoms with E-state index < -0.39 is 0 Å². The summed E-state index contributed by atoms with van der Waals surface area (Å²) in [6.45, 7) is 4.92. The lowest BCUT2D eigenvalue weighted by Gasteiger charge is -2.17. The molecule has 19 heavy (non-hydrogen) atoms. The van der Waals surface area contributed by atoms with Gasteiger partial charge in [-0.05, 0) is 25.6 Å². The zero-order valence-electron chi connectivity index (χ0n) is 11.9. The molecular weight excluding hydrogens is 236 g/mol. The Hall–Kier alpha value is -1.81. The van der Waals surface area contributed by atoms with Gasteiger partial charge in [-0.1, -0.05) is 18.2 Å². The number of anilines is 1. The van der Waals surface area contributed by atoms with Crippen molar-refractivity contribution >= 4 is 5.69 Å². The van der Waals surface area contributed by atoms with Gasteiger partial charge in [0.2, 0.25) is 0 Å². The third-order valence-electron chi connectivity index (χ3n) is 3.29. The van der Waals surface area contributed by atoms with Crippen molar-refractivity contribution in [1.82, 2.24) is 14.5 Å². The van der Waals surface area contributed by atoms with Crippen LogP contribution in [0.1, 0.15) is 11.4 Å². The Kier molecular flexibility index (Phi) is 4.58. The van der Waals surface area contributed by atoms with Gasteiger partial charge in [0.15, 0.2) is 0 Å². The molecule has 1 aromatic carbocycles. The molecule has 0 aliphatic carbocycles. The van der Waals surface area contributed by atoms with Crippen molar-refractivity contribution in [2.45, 2.75) is 13.5 Å². The van der Waals surface area contributed by atoms with Gasteiger partial charge in [0.1, 0.15) is 5.82 Å². The molecule has 2 rings (SSSR count). The molecule has 0 fully saturated rings. The molecule has 0 atom stereocenters. The molecule has 0 spiro atoms. The van der Waals surface area contributed by atoms with Gasteiger partial charge < -0.3 is 9.88 Å². The van der Waals surface area contributed by atoms with Crippen LogP contribution in [0, 0.1) is 6.92 Å². The monoisotopic (exact) mass is 258 g/mol. The van der Waals surface area contributed by atoms with E-state index in [1.54, 1.807) is 0 Å². The number of para-hydroxylation sites is 1. The average Bonchev–Trinajstić information content (AvgIpc) is 2.77. The third-order valence-corrected chi connectivity index (χ3v) is 3.29. The highest BCUT2D eigenvalue weighted by atomic mass is 15.2. The third kappa shape index (κ3) is 3.83. The molecule has 102 valence electrons. The van der Waals surface area contributed by atoms with E-state index in [0.29, 0.717) is 0 Å². The summed E-state index contributed by atoms with van der Waals surface area (Å²) in [5.74, 6) is 1.10. The van der Waals surface area contributed by atoms with Gasteiger partial charge >= 0.3 is 0 Å². The fraction of sp³-hybridized carbons (Fsp3) is 0.400. The normalized spacial score (nSPS) is 10.9. The maximum absolute atomic E-state index is 4.34. The summed E-state index contributed by atoms with van der Waals surface area (Å²) in [6, 6.07) is 8.37. The fourth-order valence-corrected chi connectivity index (χ4v) is 2.02. The number of imidazole rings is 1. The molecule has 2 aromatic rings. The molecule has 0 unspecified atom stereocenters. The molecule has 1 aromatic heterocycles. The van der Waals surface area contributed by atoms with Crippen LogP contribution in [-0.4, -0.2) is 34.6 Å². The summed E-state index contributed by atoms with van der Waals surface area (Å²) < 4.78 is 2.06. The number of aromatic nitrogens is 2. The second-order valence-electron chi connectivity index (χ2n) is 4.93. The molecule has 1 N–H and O–H groups in total. The first-order valence-corrected chi connectivity index (χ1v) is 6.61. The first-order valence-electron chi connectivity index (χ1n) is 6.61. The Labute approximate surface area is 115 Å². The van der Waals surface area contributed by atoms with Crippen molar-refractivity contribution in [3.63, 3.8) is 0 Å². The number of nitrogens with zero attached hydrogens (tertiary/aromatic N) is 3. The number of hydrogen-bond acceptors (Lipinski definition) is 3. The van der Waals surface area contributed by atoms with Crippen LogP contribution in [0.15, 0.2) is 36.7 Å². The Balaban J connectivity index is 1.77. The summed E-state index contributed by atoms with van der Waals surface area (Å²) in [5, 5.41) is 3.47. The number of benzene rings is 1. The van der Waals surface area contributed by atoms with E-state index in [2.05, 4.69) is 58.0 Å². The van der Waals surface area contributed by atoms with E-state index in [4.69, 9.17) is 0 Å². The summed E-state index contributed by atoms with van der Waals surface area (Å²) in [5.41, 5.74) is 2.50. The van der Waals surface area contributed by atoms with Crippen molar-refractivity contribution < 1.29 is 0 Å². The Morgan fingerprint density at radius 1 is 1.32 bits per heavy atom. The highest BCUT2D eigenvalue weighted by molar-refractivity contribution is 5.50. The van der Waals surface area contributed by atoms with E-state index >= 15 is 0 Å². The van der Waals surface area contributed by atoms with Gasteiger partial charge in [-0.15, -0.1) is 0 Å². The van der Waals surface area contributed by atoms with Crippen molar-refractivity contribution in [1.29, 1.82) is 0 Å². The van der Waals surface area contributed by atoms with E-state index in [1.165, 1.54) is 11.3 Å². The Bertz CT molecular complexity index is 518. The molecule has 0 saturated heterocycles. The molecule has 0 saturated carbocycles. The minimum atomic E-state index is 0.874. The number of aryl methyl sites for hydroxylation is 2. The molecule has 1 heterocycles. The smallest absolute Gasteiger partial charge is 0.122 e. The predicted molar refractivity (Wildman–Crippen MR) is 79.2 cm³/mol. The van der Waals surface area contributed by atoms with Crippen LogP contribution in [0.4, 0.5) is 5.69 Å². The van der Waals surface area contributed by atoms with Crippen molar-refractivity contribution in [2.75, 3.05) is 25.5 Å². The van der Waals surface area contributed by atoms with Gasteiger partial charge in [0.05, 0.1) is 6.54 Å². The highest BCUT2D eigenvalue weighted by Crippen LogP contribution is 2.12. The van der Waals surface area contributed by atoms with Crippen LogP contribution in [-0.2, 0) is 13.6 Å². The topological polar surface area (TPSA) is 33.1 Å². The largest absolute Gasteiger partial charge is 0.384 e. The lowest BCUT2D eigenvalue weighted by molar-refractivity contribution is 0.327. The van der Waals surface area contributed by atoms with Crippen LogP contribution < -0.4 is 5.32 Å². The molecule has 0 amide bonds. The quantitative estimate of drug-likeness (QED) is 0.863. The SMILES string of the molecule is Cc1ccccc1NCCN(C)Cc1nccn1C. The number of hydrogen-bond donors (Lipinski definition) is 1. The van der Waals surface area contributed by atoms with E-state index in [0.717, 1.165) is 25.5 Å². The molecule has 0 bridgehead atoms. The molecule has 0 aliphatic heterocycles. The zero-order chi connectivity index (χ0) is 13.7. The lowest BCUT2D eigenvalue weighted by atomic mass is 10.2. The Morgan fingerprint density at radius 2 is 2.11 bits per heavy atom. The average molecular weight is 258 g/mol. The minimum absolute atomic E-state index is 0.874. The minimum Gasteiger partial charge on any atom is -0.384 e. The highest BCUT2D eigenvalue weighted by Gasteiger charge is 2.04. The predicted octanol–water partition coefficient (Wildman–Crippen LogP) is 2.27. The second kappa shape index (κ2) is 6.38. The second-order valence-corrected chi connectivity index (χ2v) is 4.93. The van der Waals surface area contributed by atoms with Crippen molar-refractivity contribution in [3.05, 3.63) is 48.0 Å². The van der Waals surface area contributed by atoms with Crippen LogP contribution in [0.2, 0.25) is 0 Å². The summed E-state index contributed by atoms with van der Waals surface area (Å²) in [6.07, 6.45) is 3.82. The van der Waals surface area contributed by atoms with Crippen LogP contribution >= 0.6 is 0 Å². The summed E-state index contributed by atoms with van der Waals surface area (Å²) in [4.78, 5) is 6.61. The zero-order valence-corrected chi connectivity index (χ0v) is 11.9. The molecule has 0 aliphatic rings. The van der Waals surface area contributed by atoms with E-state index in [9.17, 15) is 0 Å². The van der Waals surface area contributed by atoms with Crippen molar-refractivity contribution in [3.8, 4) is 0 Å². The van der Waals surface area contributed by atoms with Crippen LogP contribution in [0.3, 0.4) is 0 Å². The molecular formula is C15H22N4. The van der Waals surface area contributed by atoms with Gasteiger partial charge in [0.25, 0.3) is 0 Å². The number of rotatable bonds is 6. The first-order chi connectivity index (χ1) is 9.16. The van der Waals surface area contributed by atoms with Crippen LogP contribution in [0.5, 0.6) is 0 Å². The number of nitrogens with one attached hydrogen (secondary N) is 1. The maximum atomic E-state index is 4.34. The lowest BCUT2D eigenvalue weighted by Crippen LogP contribution is -2.26. The van der Waals surface area contributed by atoms with E-state index in [1.807, 2.05) is 19.4 Å². The molecule has 4 nitrogen and oxygen atoms in total. The van der Waals surface area contributed by atoms with Gasteiger partial charge in [-0.2, -0.15) is 0 Å². The van der Waals surface area contributed by atoms with Gasteiger partial charge in [-0.3, -0.25) is 4.90 Å². The summed E-state index contributed by atoms with van der Waals surface area (Å²) >= 11 is 0. The standard InChI is InChI=1S/C15H22N4/c1-13-6-4-5-7-14(13)16-8-10-18(2)12-15-17-9-11-19(15)3/h4-7,9,11,16H,8,10,12H2,1-3H3. The van der Waals surface area contributed by atoms with Crippen molar-refractivity contribution in [2.24, 2.45) is 7.05 Å². The van der Waals surface area contributed by atoms with E-state index in [-0.39, 0.29) is 0 Å². The van der Waals surface area contributed by atoms with Crippen LogP contribution in [0.25, 0.3) is 0 Å². The number of likely N-dealkylation sites (N-methyl/N-ethyl adjacent to an activating group) is 1. The van der Waals surface area contributed by atoms with Gasteiger partial charge in [-0.25, -0.2) is 4.98 Å². The molecule has 4 heteroatoms. The fourth-order valence-electron chi connectivity index (χ4n) is 2.02.